The summed E-state index contributed by atoms with van der Waals surface area (Å²) >= 11 is 3.04. The van der Waals surface area contributed by atoms with Crippen LogP contribution in [0.5, 0.6) is 0 Å². The van der Waals surface area contributed by atoms with Crippen molar-refractivity contribution in [1.82, 2.24) is 9.55 Å². The number of H-pyrrole nitrogens is 1. The molecule has 0 aliphatic heterocycles. The first-order valence-electron chi connectivity index (χ1n) is 3.99. The van der Waals surface area contributed by atoms with Gasteiger partial charge in [0.25, 0.3) is 5.56 Å². The molecule has 6 heteroatoms. The Morgan fingerprint density at radius 3 is 2.86 bits per heavy atom. The van der Waals surface area contributed by atoms with E-state index >= 15 is 0 Å². The number of aromatic amines is 1. The molecule has 0 saturated carbocycles. The van der Waals surface area contributed by atoms with Crippen molar-refractivity contribution in [1.29, 1.82) is 0 Å². The topological polar surface area (TPSA) is 80.9 Å². The van der Waals surface area contributed by atoms with Gasteiger partial charge < -0.3 is 5.73 Å². The lowest BCUT2D eigenvalue weighted by atomic mass is 10.5. The molecule has 1 heterocycles. The van der Waals surface area contributed by atoms with Crippen LogP contribution in [0.25, 0.3) is 0 Å². The third-order valence-electron chi connectivity index (χ3n) is 1.57. The van der Waals surface area contributed by atoms with Crippen LogP contribution in [-0.4, -0.2) is 16.1 Å². The van der Waals surface area contributed by atoms with E-state index in [2.05, 4.69) is 20.9 Å². The molecule has 0 fully saturated rings. The first-order chi connectivity index (χ1) is 6.65. The van der Waals surface area contributed by atoms with E-state index in [1.165, 1.54) is 10.8 Å². The summed E-state index contributed by atoms with van der Waals surface area (Å²) in [4.78, 5) is 24.3. The normalized spacial score (nSPS) is 11.0. The van der Waals surface area contributed by atoms with Crippen LogP contribution in [0.15, 0.2) is 32.4 Å². The van der Waals surface area contributed by atoms with E-state index < -0.39 is 11.2 Å². The predicted octanol–water partition coefficient (Wildman–Crippen LogP) is -0.186. The highest BCUT2D eigenvalue weighted by molar-refractivity contribution is 9.10. The van der Waals surface area contributed by atoms with E-state index in [0.717, 1.165) is 0 Å². The molecule has 0 radical (unpaired) electrons. The minimum atomic E-state index is -0.431. The number of rotatable bonds is 3. The number of nitrogens with two attached hydrogens (primary N) is 1. The number of nitrogens with one attached hydrogen (secondary N) is 1. The average Bonchev–Trinajstić information content (AvgIpc) is 2.14. The molecule has 1 aromatic heterocycles. The molecule has 1 rings (SSSR count). The van der Waals surface area contributed by atoms with Crippen molar-refractivity contribution in [3.8, 4) is 0 Å². The smallest absolute Gasteiger partial charge is 0.327 e. The van der Waals surface area contributed by atoms with Crippen molar-refractivity contribution in [3.63, 3.8) is 0 Å². The lowest BCUT2D eigenvalue weighted by Gasteiger charge is -2.00. The fourth-order valence-corrected chi connectivity index (χ4v) is 1.25. The quantitative estimate of drug-likeness (QED) is 0.739. The number of allylic oxidation sites excluding steroid dienone is 1. The molecule has 0 aromatic carbocycles. The predicted molar refractivity (Wildman–Crippen MR) is 57.2 cm³/mol. The molecular weight excluding hydrogens is 250 g/mol. The van der Waals surface area contributed by atoms with Crippen molar-refractivity contribution in [2.45, 2.75) is 6.54 Å². The molecular formula is C8H10BrN3O2. The first-order valence-corrected chi connectivity index (χ1v) is 4.79. The zero-order valence-electron chi connectivity index (χ0n) is 7.37. The monoisotopic (exact) mass is 259 g/mol. The molecule has 3 N–H and O–H groups in total. The molecule has 0 amide bonds. The third kappa shape index (κ3) is 2.68. The molecule has 0 bridgehead atoms. The van der Waals surface area contributed by atoms with Gasteiger partial charge in [0.1, 0.15) is 0 Å². The molecule has 0 aliphatic carbocycles. The van der Waals surface area contributed by atoms with Gasteiger partial charge in [-0.05, 0) is 15.9 Å². The van der Waals surface area contributed by atoms with Crippen LogP contribution in [-0.2, 0) is 6.54 Å². The van der Waals surface area contributed by atoms with Crippen molar-refractivity contribution in [2.24, 2.45) is 5.73 Å². The second-order valence-corrected chi connectivity index (χ2v) is 3.45. The minimum absolute atomic E-state index is 0.332. The minimum Gasteiger partial charge on any atom is -0.327 e. The Bertz CT molecular complexity index is 447. The summed E-state index contributed by atoms with van der Waals surface area (Å²) in [5.74, 6) is 0. The van der Waals surface area contributed by atoms with Crippen LogP contribution >= 0.6 is 15.9 Å². The molecule has 0 atom stereocenters. The van der Waals surface area contributed by atoms with Gasteiger partial charge in [-0.25, -0.2) is 4.79 Å². The first kappa shape index (κ1) is 10.9. The van der Waals surface area contributed by atoms with Gasteiger partial charge in [-0.15, -0.1) is 0 Å². The second kappa shape index (κ2) is 4.92. The van der Waals surface area contributed by atoms with Crippen LogP contribution in [0.4, 0.5) is 0 Å². The summed E-state index contributed by atoms with van der Waals surface area (Å²) in [5, 5.41) is 0. The van der Waals surface area contributed by atoms with Gasteiger partial charge in [0, 0.05) is 19.3 Å². The number of nitrogens with zero attached hydrogens (tertiary/aromatic N) is 1. The van der Waals surface area contributed by atoms with Gasteiger partial charge in [-0.2, -0.15) is 0 Å². The third-order valence-corrected chi connectivity index (χ3v) is 2.14. The fraction of sp³-hybridized carbons (Fsp3) is 0.250. The average molecular weight is 260 g/mol. The van der Waals surface area contributed by atoms with Crippen molar-refractivity contribution in [3.05, 3.63) is 43.7 Å². The highest BCUT2D eigenvalue weighted by Crippen LogP contribution is 1.97. The van der Waals surface area contributed by atoms with E-state index in [1.807, 2.05) is 0 Å². The lowest BCUT2D eigenvalue weighted by molar-refractivity contribution is 0.730. The van der Waals surface area contributed by atoms with Gasteiger partial charge in [-0.1, -0.05) is 12.2 Å². The zero-order chi connectivity index (χ0) is 10.6. The maximum atomic E-state index is 11.2. The Hall–Kier alpha value is -1.14. The molecule has 14 heavy (non-hydrogen) atoms. The fourth-order valence-electron chi connectivity index (χ4n) is 0.903. The number of aromatic nitrogens is 2. The highest BCUT2D eigenvalue weighted by atomic mass is 79.9. The van der Waals surface area contributed by atoms with Gasteiger partial charge >= 0.3 is 5.69 Å². The van der Waals surface area contributed by atoms with Crippen LogP contribution in [0.1, 0.15) is 0 Å². The number of halogens is 1. The van der Waals surface area contributed by atoms with Gasteiger partial charge in [0.05, 0.1) is 4.47 Å². The van der Waals surface area contributed by atoms with E-state index in [4.69, 9.17) is 5.73 Å². The molecule has 1 aromatic rings. The summed E-state index contributed by atoms with van der Waals surface area (Å²) in [5.41, 5.74) is 4.39. The van der Waals surface area contributed by atoms with Crippen molar-refractivity contribution >= 4 is 15.9 Å². The number of hydrogen-bond donors (Lipinski definition) is 2. The summed E-state index contributed by atoms with van der Waals surface area (Å²) in [6.07, 6.45) is 4.94. The molecule has 5 nitrogen and oxygen atoms in total. The van der Waals surface area contributed by atoms with Crippen LogP contribution in [0.2, 0.25) is 0 Å². The maximum absolute atomic E-state index is 11.2. The molecule has 76 valence electrons. The molecule has 0 saturated heterocycles. The van der Waals surface area contributed by atoms with Gasteiger partial charge in [-0.3, -0.25) is 14.3 Å². The summed E-state index contributed by atoms with van der Waals surface area (Å²) < 4.78 is 1.70. The van der Waals surface area contributed by atoms with E-state index in [0.29, 0.717) is 17.6 Å². The van der Waals surface area contributed by atoms with Crippen LogP contribution < -0.4 is 17.0 Å². The van der Waals surface area contributed by atoms with E-state index in [9.17, 15) is 9.59 Å². The molecule has 0 aliphatic rings. The Morgan fingerprint density at radius 2 is 2.21 bits per heavy atom. The molecule has 0 spiro atoms. The van der Waals surface area contributed by atoms with Gasteiger partial charge in [0.15, 0.2) is 0 Å². The Kier molecular flexibility index (Phi) is 3.84. The van der Waals surface area contributed by atoms with Gasteiger partial charge in [0.2, 0.25) is 0 Å². The maximum Gasteiger partial charge on any atom is 0.328 e. The SMILES string of the molecule is NC/C=C/Cn1cc(Br)c(=O)[nH]c1=O. The zero-order valence-corrected chi connectivity index (χ0v) is 8.95. The summed E-state index contributed by atoms with van der Waals surface area (Å²) in [6, 6.07) is 0. The highest BCUT2D eigenvalue weighted by Gasteiger charge is 1.99. The summed E-state index contributed by atoms with van der Waals surface area (Å²) in [6.45, 7) is 0.824. The van der Waals surface area contributed by atoms with Crippen molar-refractivity contribution < 1.29 is 0 Å². The second-order valence-electron chi connectivity index (χ2n) is 2.60. The Balaban J connectivity index is 2.99. The molecule has 0 unspecified atom stereocenters. The Morgan fingerprint density at radius 1 is 1.50 bits per heavy atom. The standard InChI is InChI=1S/C8H10BrN3O2/c9-6-5-12(4-2-1-3-10)8(14)11-7(6)13/h1-2,5H,3-4,10H2,(H,11,13,14)/b2-1+. The van der Waals surface area contributed by atoms with Crippen LogP contribution in [0.3, 0.4) is 0 Å². The summed E-state index contributed by atoms with van der Waals surface area (Å²) in [7, 11) is 0. The van der Waals surface area contributed by atoms with Crippen molar-refractivity contribution in [2.75, 3.05) is 6.54 Å². The Labute approximate surface area is 88.4 Å². The lowest BCUT2D eigenvalue weighted by Crippen LogP contribution is -2.29. The van der Waals surface area contributed by atoms with Crippen LogP contribution in [0, 0.1) is 0 Å². The van der Waals surface area contributed by atoms with E-state index in [1.54, 1.807) is 12.2 Å². The van der Waals surface area contributed by atoms with E-state index in [-0.39, 0.29) is 0 Å². The number of hydrogen-bond acceptors (Lipinski definition) is 3. The largest absolute Gasteiger partial charge is 0.328 e.